The third kappa shape index (κ3) is 3.49. The predicted octanol–water partition coefficient (Wildman–Crippen LogP) is 3.42. The first-order chi connectivity index (χ1) is 8.79. The summed E-state index contributed by atoms with van der Waals surface area (Å²) in [6, 6.07) is 8.18. The van der Waals surface area contributed by atoms with Crippen molar-refractivity contribution in [2.45, 2.75) is 39.0 Å². The van der Waals surface area contributed by atoms with E-state index in [4.69, 9.17) is 0 Å². The van der Waals surface area contributed by atoms with E-state index < -0.39 is 0 Å². The van der Waals surface area contributed by atoms with Gasteiger partial charge in [0.1, 0.15) is 0 Å². The monoisotopic (exact) mass is 246 g/mol. The lowest BCUT2D eigenvalue weighted by atomic mass is 10.2. The van der Waals surface area contributed by atoms with Crippen molar-refractivity contribution in [1.29, 1.82) is 0 Å². The molecule has 0 spiro atoms. The van der Waals surface area contributed by atoms with Crippen molar-refractivity contribution >= 4 is 17.3 Å². The average Bonchev–Trinajstić information content (AvgIpc) is 2.90. The van der Waals surface area contributed by atoms with E-state index in [-0.39, 0.29) is 5.91 Å². The molecule has 0 bridgehead atoms. The van der Waals surface area contributed by atoms with Gasteiger partial charge < -0.3 is 10.2 Å². The molecule has 1 fully saturated rings. The number of nitrogens with zero attached hydrogens (tertiary/aromatic N) is 1. The minimum Gasteiger partial charge on any atom is -0.371 e. The van der Waals surface area contributed by atoms with E-state index in [0.717, 1.165) is 31.6 Å². The second kappa shape index (κ2) is 6.43. The minimum absolute atomic E-state index is 0.121. The second-order valence-electron chi connectivity index (χ2n) is 4.90. The number of carbonyl (C=O) groups excluding carboxylic acids is 1. The molecular weight excluding hydrogens is 224 g/mol. The summed E-state index contributed by atoms with van der Waals surface area (Å²) in [4.78, 5) is 14.1. The Morgan fingerprint density at radius 3 is 2.83 bits per heavy atom. The summed E-state index contributed by atoms with van der Waals surface area (Å²) >= 11 is 0. The number of unbranched alkanes of at least 4 members (excludes halogenated alkanes) is 1. The summed E-state index contributed by atoms with van der Waals surface area (Å²) in [5.74, 6) is 0.121. The van der Waals surface area contributed by atoms with Gasteiger partial charge in [-0.05, 0) is 37.5 Å². The molecule has 3 heteroatoms. The Morgan fingerprint density at radius 2 is 2.11 bits per heavy atom. The Hall–Kier alpha value is -1.51. The van der Waals surface area contributed by atoms with E-state index in [9.17, 15) is 4.79 Å². The molecule has 0 aliphatic carbocycles. The van der Waals surface area contributed by atoms with Crippen molar-refractivity contribution < 1.29 is 4.79 Å². The zero-order valence-corrected chi connectivity index (χ0v) is 11.1. The number of amides is 1. The molecule has 1 N–H and O–H groups in total. The van der Waals surface area contributed by atoms with Crippen molar-refractivity contribution in [1.82, 2.24) is 0 Å². The molecular formula is C15H22N2O. The molecule has 1 aliphatic heterocycles. The molecule has 98 valence electrons. The molecule has 1 amide bonds. The first kappa shape index (κ1) is 12.9. The Labute approximate surface area is 109 Å². The van der Waals surface area contributed by atoms with Gasteiger partial charge in [0, 0.05) is 30.9 Å². The lowest BCUT2D eigenvalue weighted by Crippen LogP contribution is -2.18. The molecule has 0 radical (unpaired) electrons. The maximum Gasteiger partial charge on any atom is 0.224 e. The fourth-order valence-corrected chi connectivity index (χ4v) is 2.32. The second-order valence-corrected chi connectivity index (χ2v) is 4.90. The lowest BCUT2D eigenvalue weighted by molar-refractivity contribution is -0.116. The zero-order chi connectivity index (χ0) is 12.8. The summed E-state index contributed by atoms with van der Waals surface area (Å²) in [5.41, 5.74) is 2.14. The number of hydrogen-bond donors (Lipinski definition) is 1. The normalized spacial score (nSPS) is 14.8. The van der Waals surface area contributed by atoms with Gasteiger partial charge in [0.05, 0.1) is 0 Å². The molecule has 18 heavy (non-hydrogen) atoms. The Balaban J connectivity index is 1.96. The highest BCUT2D eigenvalue weighted by Crippen LogP contribution is 2.23. The van der Waals surface area contributed by atoms with Crippen LogP contribution in [0.4, 0.5) is 11.4 Å². The topological polar surface area (TPSA) is 32.3 Å². The number of hydrogen-bond acceptors (Lipinski definition) is 2. The van der Waals surface area contributed by atoms with E-state index in [2.05, 4.69) is 29.3 Å². The molecule has 3 nitrogen and oxygen atoms in total. The van der Waals surface area contributed by atoms with Gasteiger partial charge in [0.15, 0.2) is 0 Å². The molecule has 0 saturated carbocycles. The van der Waals surface area contributed by atoms with E-state index in [1.807, 2.05) is 12.1 Å². The van der Waals surface area contributed by atoms with Gasteiger partial charge in [0.2, 0.25) is 5.91 Å². The Bertz CT molecular complexity index is 397. The fraction of sp³-hybridized carbons (Fsp3) is 0.533. The van der Waals surface area contributed by atoms with Crippen LogP contribution in [0, 0.1) is 0 Å². The van der Waals surface area contributed by atoms with Crippen LogP contribution >= 0.6 is 0 Å². The number of rotatable bonds is 5. The first-order valence-electron chi connectivity index (χ1n) is 6.94. The molecule has 0 atom stereocenters. The maximum atomic E-state index is 11.7. The van der Waals surface area contributed by atoms with Crippen LogP contribution in [0.3, 0.4) is 0 Å². The molecule has 1 aromatic rings. The third-order valence-electron chi connectivity index (χ3n) is 3.36. The van der Waals surface area contributed by atoms with Crippen LogP contribution in [-0.4, -0.2) is 19.0 Å². The van der Waals surface area contributed by atoms with Crippen LogP contribution in [0.5, 0.6) is 0 Å². The maximum absolute atomic E-state index is 11.7. The van der Waals surface area contributed by atoms with Crippen LogP contribution in [0.2, 0.25) is 0 Å². The Kier molecular flexibility index (Phi) is 4.62. The van der Waals surface area contributed by atoms with Crippen molar-refractivity contribution in [2.24, 2.45) is 0 Å². The quantitative estimate of drug-likeness (QED) is 0.863. The summed E-state index contributed by atoms with van der Waals surface area (Å²) in [6.45, 7) is 4.36. The van der Waals surface area contributed by atoms with Crippen molar-refractivity contribution in [3.8, 4) is 0 Å². The van der Waals surface area contributed by atoms with Crippen LogP contribution in [0.1, 0.15) is 39.0 Å². The van der Waals surface area contributed by atoms with Gasteiger partial charge in [-0.15, -0.1) is 0 Å². The molecule has 1 aromatic carbocycles. The highest BCUT2D eigenvalue weighted by Gasteiger charge is 2.12. The highest BCUT2D eigenvalue weighted by atomic mass is 16.1. The van der Waals surface area contributed by atoms with Gasteiger partial charge >= 0.3 is 0 Å². The molecule has 1 saturated heterocycles. The molecule has 1 aliphatic rings. The number of nitrogens with one attached hydrogen (secondary N) is 1. The lowest BCUT2D eigenvalue weighted by Gasteiger charge is -2.18. The summed E-state index contributed by atoms with van der Waals surface area (Å²) in [6.07, 6.45) is 5.17. The largest absolute Gasteiger partial charge is 0.371 e. The SMILES string of the molecule is CCCCC(=O)Nc1cccc(N2CCCC2)c1. The predicted molar refractivity (Wildman–Crippen MR) is 76.0 cm³/mol. The smallest absolute Gasteiger partial charge is 0.224 e. The van der Waals surface area contributed by atoms with Gasteiger partial charge in [-0.25, -0.2) is 0 Å². The zero-order valence-electron chi connectivity index (χ0n) is 11.1. The molecule has 0 unspecified atom stereocenters. The van der Waals surface area contributed by atoms with E-state index >= 15 is 0 Å². The first-order valence-corrected chi connectivity index (χ1v) is 6.94. The summed E-state index contributed by atoms with van der Waals surface area (Å²) < 4.78 is 0. The highest BCUT2D eigenvalue weighted by molar-refractivity contribution is 5.91. The fourth-order valence-electron chi connectivity index (χ4n) is 2.32. The van der Waals surface area contributed by atoms with Gasteiger partial charge in [-0.2, -0.15) is 0 Å². The van der Waals surface area contributed by atoms with Crippen LogP contribution in [0.15, 0.2) is 24.3 Å². The van der Waals surface area contributed by atoms with Crippen molar-refractivity contribution in [3.05, 3.63) is 24.3 Å². The van der Waals surface area contributed by atoms with Gasteiger partial charge in [-0.1, -0.05) is 19.4 Å². The van der Waals surface area contributed by atoms with Crippen LogP contribution < -0.4 is 10.2 Å². The third-order valence-corrected chi connectivity index (χ3v) is 3.36. The van der Waals surface area contributed by atoms with Crippen molar-refractivity contribution in [2.75, 3.05) is 23.3 Å². The van der Waals surface area contributed by atoms with E-state index in [1.165, 1.54) is 18.5 Å². The van der Waals surface area contributed by atoms with Crippen molar-refractivity contribution in [3.63, 3.8) is 0 Å². The van der Waals surface area contributed by atoms with Crippen LogP contribution in [0.25, 0.3) is 0 Å². The molecule has 0 aromatic heterocycles. The number of benzene rings is 1. The molecule has 2 rings (SSSR count). The van der Waals surface area contributed by atoms with Gasteiger partial charge in [0.25, 0.3) is 0 Å². The Morgan fingerprint density at radius 1 is 1.33 bits per heavy atom. The van der Waals surface area contributed by atoms with Gasteiger partial charge in [-0.3, -0.25) is 4.79 Å². The average molecular weight is 246 g/mol. The summed E-state index contributed by atoms with van der Waals surface area (Å²) in [5, 5.41) is 2.97. The van der Waals surface area contributed by atoms with Crippen LogP contribution in [-0.2, 0) is 4.79 Å². The minimum atomic E-state index is 0.121. The van der Waals surface area contributed by atoms with E-state index in [1.54, 1.807) is 0 Å². The standard InChI is InChI=1S/C15H22N2O/c1-2-3-9-15(18)16-13-7-6-8-14(12-13)17-10-4-5-11-17/h6-8,12H,2-5,9-11H2,1H3,(H,16,18). The summed E-state index contributed by atoms with van der Waals surface area (Å²) in [7, 11) is 0. The molecule has 1 heterocycles. The number of carbonyl (C=O) groups is 1. The van der Waals surface area contributed by atoms with E-state index in [0.29, 0.717) is 6.42 Å². The number of anilines is 2.